The second-order valence-corrected chi connectivity index (χ2v) is 8.00. The van der Waals surface area contributed by atoms with Crippen LogP contribution in [0.4, 0.5) is 0 Å². The lowest BCUT2D eigenvalue weighted by atomic mass is 10.0. The first-order valence-corrected chi connectivity index (χ1v) is 9.64. The lowest BCUT2D eigenvalue weighted by Gasteiger charge is -2.12. The number of benzene rings is 2. The van der Waals surface area contributed by atoms with Crippen molar-refractivity contribution in [1.29, 1.82) is 5.26 Å². The summed E-state index contributed by atoms with van der Waals surface area (Å²) in [4.78, 5) is 2.03. The van der Waals surface area contributed by atoms with Gasteiger partial charge in [-0.2, -0.15) is 5.26 Å². The van der Waals surface area contributed by atoms with E-state index >= 15 is 0 Å². The van der Waals surface area contributed by atoms with E-state index in [1.807, 2.05) is 25.1 Å². The first-order chi connectivity index (χ1) is 11.8. The summed E-state index contributed by atoms with van der Waals surface area (Å²) in [6.45, 7) is 1.13. The number of nitriles is 1. The predicted octanol–water partition coefficient (Wildman–Crippen LogP) is 3.11. The Hall–Kier alpha value is -1.91. The van der Waals surface area contributed by atoms with Gasteiger partial charge in [-0.1, -0.05) is 35.9 Å². The maximum absolute atomic E-state index is 12.4. The van der Waals surface area contributed by atoms with Crippen molar-refractivity contribution >= 4 is 21.6 Å². The van der Waals surface area contributed by atoms with Crippen LogP contribution in [0.25, 0.3) is 11.1 Å². The van der Waals surface area contributed by atoms with Gasteiger partial charge in [0.1, 0.15) is 4.90 Å². The van der Waals surface area contributed by atoms with Gasteiger partial charge in [0, 0.05) is 6.54 Å². The SMILES string of the molecule is CN(C)CCCNS(=O)(=O)c1ccc(-c2ccccc2C#N)cc1Cl. The zero-order chi connectivity index (χ0) is 18.4. The van der Waals surface area contributed by atoms with Crippen molar-refractivity contribution in [2.45, 2.75) is 11.3 Å². The highest BCUT2D eigenvalue weighted by molar-refractivity contribution is 7.89. The average Bonchev–Trinajstić information content (AvgIpc) is 2.58. The fraction of sp³-hybridized carbons (Fsp3) is 0.278. The molecule has 2 aromatic carbocycles. The molecule has 0 aliphatic heterocycles. The van der Waals surface area contributed by atoms with Crippen LogP contribution in [-0.2, 0) is 10.0 Å². The lowest BCUT2D eigenvalue weighted by Crippen LogP contribution is -2.27. The Labute approximate surface area is 153 Å². The van der Waals surface area contributed by atoms with Crippen molar-refractivity contribution in [3.05, 3.63) is 53.1 Å². The number of nitrogens with one attached hydrogen (secondary N) is 1. The van der Waals surface area contributed by atoms with Gasteiger partial charge in [-0.05, 0) is 56.4 Å². The highest BCUT2D eigenvalue weighted by atomic mass is 35.5. The Balaban J connectivity index is 2.23. The third kappa shape index (κ3) is 5.03. The summed E-state index contributed by atoms with van der Waals surface area (Å²) in [6, 6.07) is 13.9. The smallest absolute Gasteiger partial charge is 0.242 e. The Bertz CT molecular complexity index is 889. The zero-order valence-electron chi connectivity index (χ0n) is 14.2. The molecule has 132 valence electrons. The molecule has 0 atom stereocenters. The van der Waals surface area contributed by atoms with Gasteiger partial charge in [-0.25, -0.2) is 13.1 Å². The molecule has 0 bridgehead atoms. The minimum atomic E-state index is -3.67. The van der Waals surface area contributed by atoms with E-state index in [-0.39, 0.29) is 9.92 Å². The summed E-state index contributed by atoms with van der Waals surface area (Å²) in [7, 11) is 0.198. The van der Waals surface area contributed by atoms with Gasteiger partial charge >= 0.3 is 0 Å². The van der Waals surface area contributed by atoms with Gasteiger partial charge in [-0.15, -0.1) is 0 Å². The Morgan fingerprint density at radius 1 is 1.20 bits per heavy atom. The Morgan fingerprint density at radius 3 is 2.56 bits per heavy atom. The van der Waals surface area contributed by atoms with E-state index in [0.29, 0.717) is 24.1 Å². The lowest BCUT2D eigenvalue weighted by molar-refractivity contribution is 0.400. The third-order valence-corrected chi connectivity index (χ3v) is 5.60. The highest BCUT2D eigenvalue weighted by Gasteiger charge is 2.18. The van der Waals surface area contributed by atoms with E-state index in [0.717, 1.165) is 12.1 Å². The summed E-state index contributed by atoms with van der Waals surface area (Å²) < 4.78 is 27.4. The molecule has 0 aliphatic rings. The molecular formula is C18H20ClN3O2S. The molecule has 1 N–H and O–H groups in total. The molecule has 0 saturated carbocycles. The topological polar surface area (TPSA) is 73.2 Å². The molecule has 0 heterocycles. The largest absolute Gasteiger partial charge is 0.309 e. The standard InChI is InChI=1S/C18H20ClN3O2S/c1-22(2)11-5-10-21-25(23,24)18-9-8-14(12-17(18)19)16-7-4-3-6-15(16)13-20/h3-4,6-9,12,21H,5,10-11H2,1-2H3. The normalized spacial score (nSPS) is 11.5. The molecule has 0 radical (unpaired) electrons. The van der Waals surface area contributed by atoms with Crippen molar-refractivity contribution in [3.8, 4) is 17.2 Å². The number of hydrogen-bond acceptors (Lipinski definition) is 4. The number of rotatable bonds is 7. The third-order valence-electron chi connectivity index (χ3n) is 3.65. The predicted molar refractivity (Wildman–Crippen MR) is 100.0 cm³/mol. The molecular weight excluding hydrogens is 358 g/mol. The monoisotopic (exact) mass is 377 g/mol. The molecule has 0 aliphatic carbocycles. The van der Waals surface area contributed by atoms with E-state index in [9.17, 15) is 13.7 Å². The van der Waals surface area contributed by atoms with Crippen molar-refractivity contribution in [2.75, 3.05) is 27.2 Å². The van der Waals surface area contributed by atoms with Gasteiger partial charge in [-0.3, -0.25) is 0 Å². The minimum absolute atomic E-state index is 0.0391. The van der Waals surface area contributed by atoms with Crippen LogP contribution in [0.3, 0.4) is 0 Å². The summed E-state index contributed by atoms with van der Waals surface area (Å²) in [5.74, 6) is 0. The van der Waals surface area contributed by atoms with Crippen molar-refractivity contribution < 1.29 is 8.42 Å². The number of nitrogens with zero attached hydrogens (tertiary/aromatic N) is 2. The molecule has 7 heteroatoms. The summed E-state index contributed by atoms with van der Waals surface area (Å²) in [5, 5.41) is 9.33. The van der Waals surface area contributed by atoms with Gasteiger partial charge in [0.25, 0.3) is 0 Å². The Morgan fingerprint density at radius 2 is 1.92 bits per heavy atom. The summed E-state index contributed by atoms with van der Waals surface area (Å²) in [6.07, 6.45) is 0.706. The van der Waals surface area contributed by atoms with Gasteiger partial charge < -0.3 is 4.90 Å². The molecule has 0 aromatic heterocycles. The summed E-state index contributed by atoms with van der Waals surface area (Å²) in [5.41, 5.74) is 1.93. The van der Waals surface area contributed by atoms with Crippen LogP contribution in [0.5, 0.6) is 0 Å². The van der Waals surface area contributed by atoms with E-state index in [1.54, 1.807) is 30.3 Å². The van der Waals surface area contributed by atoms with Gasteiger partial charge in [0.2, 0.25) is 10.0 Å². The van der Waals surface area contributed by atoms with Crippen LogP contribution in [0, 0.1) is 11.3 Å². The highest BCUT2D eigenvalue weighted by Crippen LogP contribution is 2.30. The van der Waals surface area contributed by atoms with E-state index in [2.05, 4.69) is 10.8 Å². The van der Waals surface area contributed by atoms with Gasteiger partial charge in [0.05, 0.1) is 16.7 Å². The molecule has 5 nitrogen and oxygen atoms in total. The first kappa shape index (κ1) is 19.4. The van der Waals surface area contributed by atoms with E-state index in [4.69, 9.17) is 11.6 Å². The summed E-state index contributed by atoms with van der Waals surface area (Å²) >= 11 is 6.21. The molecule has 0 unspecified atom stereocenters. The second-order valence-electron chi connectivity index (χ2n) is 5.86. The second kappa shape index (κ2) is 8.45. The molecule has 0 amide bonds. The molecule has 25 heavy (non-hydrogen) atoms. The van der Waals surface area contributed by atoms with Gasteiger partial charge in [0.15, 0.2) is 0 Å². The fourth-order valence-corrected chi connectivity index (χ4v) is 4.01. The number of sulfonamides is 1. The molecule has 0 saturated heterocycles. The maximum atomic E-state index is 12.4. The molecule has 0 fully saturated rings. The van der Waals surface area contributed by atoms with Crippen LogP contribution in [0.15, 0.2) is 47.4 Å². The quantitative estimate of drug-likeness (QED) is 0.752. The minimum Gasteiger partial charge on any atom is -0.309 e. The van der Waals surface area contributed by atoms with Crippen LogP contribution in [-0.4, -0.2) is 40.5 Å². The Kier molecular flexibility index (Phi) is 6.57. The average molecular weight is 378 g/mol. The van der Waals surface area contributed by atoms with Crippen LogP contribution in [0.2, 0.25) is 5.02 Å². The van der Waals surface area contributed by atoms with E-state index < -0.39 is 10.0 Å². The maximum Gasteiger partial charge on any atom is 0.242 e. The number of halogens is 1. The van der Waals surface area contributed by atoms with Crippen molar-refractivity contribution in [2.24, 2.45) is 0 Å². The van der Waals surface area contributed by atoms with Crippen LogP contribution < -0.4 is 4.72 Å². The van der Waals surface area contributed by atoms with E-state index in [1.165, 1.54) is 6.07 Å². The molecule has 0 spiro atoms. The van der Waals surface area contributed by atoms with Crippen molar-refractivity contribution in [1.82, 2.24) is 9.62 Å². The van der Waals surface area contributed by atoms with Crippen molar-refractivity contribution in [3.63, 3.8) is 0 Å². The zero-order valence-corrected chi connectivity index (χ0v) is 15.7. The van der Waals surface area contributed by atoms with Crippen LogP contribution >= 0.6 is 11.6 Å². The first-order valence-electron chi connectivity index (χ1n) is 7.78. The van der Waals surface area contributed by atoms with Crippen LogP contribution in [0.1, 0.15) is 12.0 Å². The number of hydrogen-bond donors (Lipinski definition) is 1. The fourth-order valence-electron chi connectivity index (χ4n) is 2.40. The molecule has 2 rings (SSSR count). The molecule has 2 aromatic rings.